The van der Waals surface area contributed by atoms with Crippen LogP contribution in [0.25, 0.3) is 0 Å². The summed E-state index contributed by atoms with van der Waals surface area (Å²) < 4.78 is 22.2. The number of rotatable bonds is 11. The fourth-order valence-electron chi connectivity index (χ4n) is 4.06. The number of ether oxygens (including phenoxy) is 4. The van der Waals surface area contributed by atoms with Gasteiger partial charge in [0.2, 0.25) is 0 Å². The normalized spacial score (nSPS) is 16.4. The monoisotopic (exact) mass is 443 g/mol. The Balaban J connectivity index is 1.54. The average molecular weight is 444 g/mol. The highest BCUT2D eigenvalue weighted by atomic mass is 16.5. The van der Waals surface area contributed by atoms with Gasteiger partial charge >= 0.3 is 0 Å². The first-order valence-corrected chi connectivity index (χ1v) is 11.5. The standard InChI is InChI=1S/C26H37NO5/c1-19(15-21-5-7-23(28)25(17-21)29-3)20(2)16-22-6-8-24(26(18-22)30-4)32-14-11-27-9-12-31-13-10-27/h5-8,17-20,28H,9-16H2,1-4H3/t19-,20+/m1/s1. The molecule has 1 saturated heterocycles. The number of aromatic hydroxyl groups is 1. The van der Waals surface area contributed by atoms with Crippen LogP contribution in [0.5, 0.6) is 23.0 Å². The van der Waals surface area contributed by atoms with Crippen LogP contribution in [-0.4, -0.2) is 63.7 Å². The molecule has 0 bridgehead atoms. The summed E-state index contributed by atoms with van der Waals surface area (Å²) in [7, 11) is 3.27. The molecule has 1 fully saturated rings. The number of phenolic OH excluding ortho intramolecular Hbond substituents is 1. The van der Waals surface area contributed by atoms with Gasteiger partial charge in [-0.1, -0.05) is 26.0 Å². The Morgan fingerprint density at radius 3 is 2.09 bits per heavy atom. The summed E-state index contributed by atoms with van der Waals surface area (Å²) in [5, 5.41) is 9.81. The van der Waals surface area contributed by atoms with Crippen molar-refractivity contribution >= 4 is 0 Å². The predicted octanol–water partition coefficient (Wildman–Crippen LogP) is 4.18. The van der Waals surface area contributed by atoms with Crippen LogP contribution in [0.1, 0.15) is 25.0 Å². The van der Waals surface area contributed by atoms with Gasteiger partial charge in [0.05, 0.1) is 27.4 Å². The number of morpholine rings is 1. The van der Waals surface area contributed by atoms with Crippen LogP contribution < -0.4 is 14.2 Å². The zero-order valence-electron chi connectivity index (χ0n) is 19.8. The Hall–Kier alpha value is -2.44. The molecule has 1 aliphatic heterocycles. The minimum absolute atomic E-state index is 0.177. The van der Waals surface area contributed by atoms with E-state index < -0.39 is 0 Å². The van der Waals surface area contributed by atoms with Crippen LogP contribution in [0, 0.1) is 11.8 Å². The van der Waals surface area contributed by atoms with E-state index in [0.29, 0.717) is 24.2 Å². The predicted molar refractivity (Wildman–Crippen MR) is 126 cm³/mol. The number of hydrogen-bond donors (Lipinski definition) is 1. The minimum Gasteiger partial charge on any atom is -0.504 e. The molecule has 1 aliphatic rings. The van der Waals surface area contributed by atoms with Crippen LogP contribution in [-0.2, 0) is 17.6 Å². The molecule has 0 radical (unpaired) electrons. The van der Waals surface area contributed by atoms with E-state index >= 15 is 0 Å². The molecule has 2 aromatic rings. The Labute approximate surface area is 192 Å². The van der Waals surface area contributed by atoms with Crippen molar-refractivity contribution in [3.8, 4) is 23.0 Å². The lowest BCUT2D eigenvalue weighted by Crippen LogP contribution is -2.38. The van der Waals surface area contributed by atoms with Gasteiger partial charge in [-0.25, -0.2) is 0 Å². The van der Waals surface area contributed by atoms with Gasteiger partial charge in [0.15, 0.2) is 23.0 Å². The van der Waals surface area contributed by atoms with Crippen molar-refractivity contribution in [1.82, 2.24) is 4.90 Å². The maximum Gasteiger partial charge on any atom is 0.161 e. The Morgan fingerprint density at radius 1 is 0.875 bits per heavy atom. The molecule has 176 valence electrons. The third-order valence-corrected chi connectivity index (χ3v) is 6.33. The minimum atomic E-state index is 0.177. The highest BCUT2D eigenvalue weighted by molar-refractivity contribution is 5.43. The van der Waals surface area contributed by atoms with Gasteiger partial charge in [0.25, 0.3) is 0 Å². The van der Waals surface area contributed by atoms with Crippen molar-refractivity contribution in [2.24, 2.45) is 11.8 Å². The molecule has 2 aromatic carbocycles. The maximum absolute atomic E-state index is 9.81. The quantitative estimate of drug-likeness (QED) is 0.562. The van der Waals surface area contributed by atoms with Crippen molar-refractivity contribution in [1.29, 1.82) is 0 Å². The zero-order valence-corrected chi connectivity index (χ0v) is 19.8. The Morgan fingerprint density at radius 2 is 1.47 bits per heavy atom. The summed E-state index contributed by atoms with van der Waals surface area (Å²) in [5.74, 6) is 3.23. The van der Waals surface area contributed by atoms with Crippen molar-refractivity contribution in [3.63, 3.8) is 0 Å². The first-order chi connectivity index (χ1) is 15.5. The molecule has 1 heterocycles. The molecule has 0 spiro atoms. The van der Waals surface area contributed by atoms with Crippen LogP contribution in [0.2, 0.25) is 0 Å². The van der Waals surface area contributed by atoms with E-state index in [-0.39, 0.29) is 5.75 Å². The number of benzene rings is 2. The van der Waals surface area contributed by atoms with Gasteiger partial charge in [-0.05, 0) is 60.1 Å². The molecule has 0 unspecified atom stereocenters. The van der Waals surface area contributed by atoms with E-state index in [1.54, 1.807) is 20.3 Å². The van der Waals surface area contributed by atoms with Crippen LogP contribution in [0.15, 0.2) is 36.4 Å². The molecule has 6 nitrogen and oxygen atoms in total. The lowest BCUT2D eigenvalue weighted by Gasteiger charge is -2.26. The van der Waals surface area contributed by atoms with E-state index in [0.717, 1.165) is 57.2 Å². The van der Waals surface area contributed by atoms with Crippen molar-refractivity contribution < 1.29 is 24.1 Å². The molecular formula is C26H37NO5. The molecular weight excluding hydrogens is 406 g/mol. The summed E-state index contributed by atoms with van der Waals surface area (Å²) in [5.41, 5.74) is 2.41. The zero-order chi connectivity index (χ0) is 22.9. The van der Waals surface area contributed by atoms with E-state index in [9.17, 15) is 5.11 Å². The fraction of sp³-hybridized carbons (Fsp3) is 0.538. The molecule has 0 aromatic heterocycles. The average Bonchev–Trinajstić information content (AvgIpc) is 2.81. The molecule has 6 heteroatoms. The molecule has 0 aliphatic carbocycles. The van der Waals surface area contributed by atoms with Crippen LogP contribution >= 0.6 is 0 Å². The van der Waals surface area contributed by atoms with Gasteiger partial charge in [-0.15, -0.1) is 0 Å². The van der Waals surface area contributed by atoms with Gasteiger partial charge < -0.3 is 24.1 Å². The fourth-order valence-corrected chi connectivity index (χ4v) is 4.06. The number of hydrogen-bond acceptors (Lipinski definition) is 6. The summed E-state index contributed by atoms with van der Waals surface area (Å²) >= 11 is 0. The molecule has 3 rings (SSSR count). The summed E-state index contributed by atoms with van der Waals surface area (Å²) in [6, 6.07) is 11.8. The first kappa shape index (κ1) is 24.2. The molecule has 0 amide bonds. The van der Waals surface area contributed by atoms with Crippen molar-refractivity contribution in [2.45, 2.75) is 26.7 Å². The second-order valence-electron chi connectivity index (χ2n) is 8.66. The number of nitrogens with zero attached hydrogens (tertiary/aromatic N) is 1. The van der Waals surface area contributed by atoms with E-state index in [1.165, 1.54) is 11.1 Å². The molecule has 2 atom stereocenters. The van der Waals surface area contributed by atoms with Crippen LogP contribution in [0.3, 0.4) is 0 Å². The lowest BCUT2D eigenvalue weighted by atomic mass is 9.85. The summed E-state index contributed by atoms with van der Waals surface area (Å²) in [6.45, 7) is 9.61. The van der Waals surface area contributed by atoms with Gasteiger partial charge in [0, 0.05) is 19.6 Å². The Kier molecular flexibility index (Phi) is 9.06. The molecule has 1 N–H and O–H groups in total. The van der Waals surface area contributed by atoms with E-state index in [2.05, 4.69) is 30.9 Å². The lowest BCUT2D eigenvalue weighted by molar-refractivity contribution is 0.0321. The largest absolute Gasteiger partial charge is 0.504 e. The van der Waals surface area contributed by atoms with Gasteiger partial charge in [-0.3, -0.25) is 4.90 Å². The number of methoxy groups -OCH3 is 2. The molecule has 0 saturated carbocycles. The second kappa shape index (κ2) is 12.0. The number of phenols is 1. The summed E-state index contributed by atoms with van der Waals surface area (Å²) in [4.78, 5) is 2.36. The smallest absolute Gasteiger partial charge is 0.161 e. The van der Waals surface area contributed by atoms with Crippen molar-refractivity contribution in [3.05, 3.63) is 47.5 Å². The maximum atomic E-state index is 9.81. The van der Waals surface area contributed by atoms with Gasteiger partial charge in [-0.2, -0.15) is 0 Å². The highest BCUT2D eigenvalue weighted by Crippen LogP contribution is 2.32. The second-order valence-corrected chi connectivity index (χ2v) is 8.66. The van der Waals surface area contributed by atoms with E-state index in [4.69, 9.17) is 18.9 Å². The van der Waals surface area contributed by atoms with E-state index in [1.807, 2.05) is 18.2 Å². The van der Waals surface area contributed by atoms with Gasteiger partial charge in [0.1, 0.15) is 6.61 Å². The third-order valence-electron chi connectivity index (χ3n) is 6.33. The third kappa shape index (κ3) is 6.78. The topological polar surface area (TPSA) is 60.4 Å². The Bertz CT molecular complexity index is 850. The first-order valence-electron chi connectivity index (χ1n) is 11.5. The molecule has 32 heavy (non-hydrogen) atoms. The van der Waals surface area contributed by atoms with Crippen molar-refractivity contribution in [2.75, 3.05) is 53.7 Å². The summed E-state index contributed by atoms with van der Waals surface area (Å²) in [6.07, 6.45) is 1.89. The highest BCUT2D eigenvalue weighted by Gasteiger charge is 2.17. The SMILES string of the molecule is COc1cc(C[C@@H](C)[C@@H](C)Cc2ccc(OCCN3CCOCC3)c(OC)c2)ccc1O. The van der Waals surface area contributed by atoms with Crippen LogP contribution in [0.4, 0.5) is 0 Å².